The SMILES string of the molecule is O=C(C1CC(=O)N(c2cccc(Br)c2)C1)N1CC(c2nc(-c3ncccn3)no2)C1. The Balaban J connectivity index is 1.20. The van der Waals surface area contributed by atoms with Crippen LogP contribution in [0.4, 0.5) is 5.69 Å². The van der Waals surface area contributed by atoms with E-state index in [1.54, 1.807) is 28.3 Å². The van der Waals surface area contributed by atoms with E-state index in [9.17, 15) is 9.59 Å². The highest BCUT2D eigenvalue weighted by molar-refractivity contribution is 9.10. The Morgan fingerprint density at radius 2 is 1.90 bits per heavy atom. The Labute approximate surface area is 180 Å². The lowest BCUT2D eigenvalue weighted by molar-refractivity contribution is -0.140. The number of nitrogens with zero attached hydrogens (tertiary/aromatic N) is 6. The van der Waals surface area contributed by atoms with Crippen molar-refractivity contribution in [1.29, 1.82) is 0 Å². The zero-order valence-electron chi connectivity index (χ0n) is 15.8. The fourth-order valence-electron chi connectivity index (χ4n) is 3.75. The first-order valence-corrected chi connectivity index (χ1v) is 10.3. The van der Waals surface area contributed by atoms with Gasteiger partial charge in [0.05, 0.1) is 11.8 Å². The second-order valence-corrected chi connectivity index (χ2v) is 8.27. The Kier molecular flexibility index (Phi) is 4.78. The van der Waals surface area contributed by atoms with Crippen LogP contribution in [0.1, 0.15) is 18.2 Å². The van der Waals surface area contributed by atoms with E-state index in [1.165, 1.54) is 0 Å². The first-order chi connectivity index (χ1) is 14.6. The number of hydrogen-bond donors (Lipinski definition) is 0. The molecule has 30 heavy (non-hydrogen) atoms. The molecule has 0 spiro atoms. The Morgan fingerprint density at radius 3 is 2.67 bits per heavy atom. The fraction of sp³-hybridized carbons (Fsp3) is 0.300. The molecule has 0 saturated carbocycles. The molecule has 0 radical (unpaired) electrons. The Morgan fingerprint density at radius 1 is 1.10 bits per heavy atom. The summed E-state index contributed by atoms with van der Waals surface area (Å²) in [5.41, 5.74) is 0.799. The molecule has 2 fully saturated rings. The number of rotatable bonds is 4. The minimum Gasteiger partial charge on any atom is -0.341 e. The van der Waals surface area contributed by atoms with Gasteiger partial charge in [-0.1, -0.05) is 27.2 Å². The molecule has 10 heteroatoms. The average Bonchev–Trinajstić information content (AvgIpc) is 3.35. The molecule has 1 atom stereocenters. The fourth-order valence-corrected chi connectivity index (χ4v) is 4.13. The topological polar surface area (TPSA) is 105 Å². The number of carbonyl (C=O) groups is 2. The molecule has 2 aliphatic heterocycles. The number of likely N-dealkylation sites (tertiary alicyclic amines) is 1. The molecule has 0 N–H and O–H groups in total. The zero-order chi connectivity index (χ0) is 20.7. The molecular formula is C20H17BrN6O3. The summed E-state index contributed by atoms with van der Waals surface area (Å²) in [6, 6.07) is 9.25. The first kappa shape index (κ1) is 18.9. The summed E-state index contributed by atoms with van der Waals surface area (Å²) >= 11 is 3.42. The Bertz CT molecular complexity index is 1100. The molecule has 3 aromatic rings. The van der Waals surface area contributed by atoms with Crippen molar-refractivity contribution in [2.45, 2.75) is 12.3 Å². The van der Waals surface area contributed by atoms with Crippen LogP contribution in [0.5, 0.6) is 0 Å². The normalized spacial score (nSPS) is 19.2. The molecule has 0 aliphatic carbocycles. The van der Waals surface area contributed by atoms with Crippen molar-refractivity contribution in [1.82, 2.24) is 25.0 Å². The number of halogens is 1. The van der Waals surface area contributed by atoms with Crippen molar-refractivity contribution >= 4 is 33.4 Å². The third-order valence-corrected chi connectivity index (χ3v) is 5.84. The molecule has 2 aromatic heterocycles. The van der Waals surface area contributed by atoms with E-state index in [1.807, 2.05) is 24.3 Å². The van der Waals surface area contributed by atoms with Gasteiger partial charge in [0.15, 0.2) is 0 Å². The van der Waals surface area contributed by atoms with Gasteiger partial charge in [-0.25, -0.2) is 9.97 Å². The van der Waals surface area contributed by atoms with Crippen molar-refractivity contribution in [3.8, 4) is 11.6 Å². The molecule has 4 heterocycles. The van der Waals surface area contributed by atoms with Gasteiger partial charge in [-0.05, 0) is 24.3 Å². The number of hydrogen-bond acceptors (Lipinski definition) is 7. The molecule has 9 nitrogen and oxygen atoms in total. The molecular weight excluding hydrogens is 452 g/mol. The summed E-state index contributed by atoms with van der Waals surface area (Å²) in [5.74, 6) is 0.805. The molecule has 152 valence electrons. The van der Waals surface area contributed by atoms with E-state index in [4.69, 9.17) is 4.52 Å². The number of aromatic nitrogens is 4. The highest BCUT2D eigenvalue weighted by atomic mass is 79.9. The van der Waals surface area contributed by atoms with Crippen molar-refractivity contribution in [3.05, 3.63) is 53.1 Å². The molecule has 5 rings (SSSR count). The van der Waals surface area contributed by atoms with Crippen LogP contribution in [-0.4, -0.2) is 56.5 Å². The molecule has 2 saturated heterocycles. The monoisotopic (exact) mass is 468 g/mol. The van der Waals surface area contributed by atoms with Gasteiger partial charge >= 0.3 is 0 Å². The third-order valence-electron chi connectivity index (χ3n) is 5.34. The van der Waals surface area contributed by atoms with Gasteiger partial charge < -0.3 is 14.3 Å². The smallest absolute Gasteiger partial charge is 0.240 e. The molecule has 2 aliphatic rings. The Hall–Kier alpha value is -3.14. The maximum Gasteiger partial charge on any atom is 0.240 e. The standard InChI is InChI=1S/C20H17BrN6O3/c21-14-3-1-4-15(8-14)27-11-12(7-16(27)28)20(29)26-9-13(10-26)19-24-18(25-30-19)17-22-5-2-6-23-17/h1-6,8,12-13H,7,9-11H2. The lowest BCUT2D eigenvalue weighted by Gasteiger charge is -2.38. The number of anilines is 1. The lowest BCUT2D eigenvalue weighted by atomic mass is 9.96. The number of carbonyl (C=O) groups excluding carboxylic acids is 2. The second-order valence-electron chi connectivity index (χ2n) is 7.35. The van der Waals surface area contributed by atoms with Gasteiger partial charge in [-0.3, -0.25) is 9.59 Å². The quantitative estimate of drug-likeness (QED) is 0.577. The van der Waals surface area contributed by atoms with Crippen LogP contribution in [0.3, 0.4) is 0 Å². The van der Waals surface area contributed by atoms with E-state index >= 15 is 0 Å². The van der Waals surface area contributed by atoms with Crippen molar-refractivity contribution in [2.24, 2.45) is 5.92 Å². The first-order valence-electron chi connectivity index (χ1n) is 9.54. The van der Waals surface area contributed by atoms with E-state index < -0.39 is 0 Å². The lowest BCUT2D eigenvalue weighted by Crippen LogP contribution is -2.51. The van der Waals surface area contributed by atoms with Gasteiger partial charge in [0.1, 0.15) is 0 Å². The summed E-state index contributed by atoms with van der Waals surface area (Å²) in [7, 11) is 0. The molecule has 0 bridgehead atoms. The zero-order valence-corrected chi connectivity index (χ0v) is 17.4. The maximum atomic E-state index is 12.9. The highest BCUT2D eigenvalue weighted by Crippen LogP contribution is 2.32. The van der Waals surface area contributed by atoms with E-state index in [-0.39, 0.29) is 30.1 Å². The van der Waals surface area contributed by atoms with Crippen LogP contribution in [0.2, 0.25) is 0 Å². The van der Waals surface area contributed by atoms with E-state index in [0.717, 1.165) is 10.2 Å². The van der Waals surface area contributed by atoms with Crippen molar-refractivity contribution in [2.75, 3.05) is 24.5 Å². The van der Waals surface area contributed by atoms with Crippen LogP contribution < -0.4 is 4.90 Å². The van der Waals surface area contributed by atoms with Gasteiger partial charge in [-0.2, -0.15) is 4.98 Å². The second kappa shape index (κ2) is 7.60. The molecule has 1 aromatic carbocycles. The predicted octanol–water partition coefficient (Wildman–Crippen LogP) is 2.27. The number of benzene rings is 1. The van der Waals surface area contributed by atoms with Crippen LogP contribution in [0.15, 0.2) is 51.7 Å². The highest BCUT2D eigenvalue weighted by Gasteiger charge is 2.42. The van der Waals surface area contributed by atoms with Crippen LogP contribution in [0, 0.1) is 5.92 Å². The third kappa shape index (κ3) is 3.47. The van der Waals surface area contributed by atoms with Gasteiger partial charge in [0.2, 0.25) is 29.4 Å². The summed E-state index contributed by atoms with van der Waals surface area (Å²) in [5, 5.41) is 3.93. The summed E-state index contributed by atoms with van der Waals surface area (Å²) in [6.07, 6.45) is 3.45. The van der Waals surface area contributed by atoms with E-state index in [2.05, 4.69) is 36.0 Å². The van der Waals surface area contributed by atoms with Crippen LogP contribution in [0.25, 0.3) is 11.6 Å². The van der Waals surface area contributed by atoms with Gasteiger partial charge in [0, 0.05) is 48.6 Å². The molecule has 2 amide bonds. The maximum absolute atomic E-state index is 12.9. The minimum absolute atomic E-state index is 0.0109. The summed E-state index contributed by atoms with van der Waals surface area (Å²) < 4.78 is 6.23. The largest absolute Gasteiger partial charge is 0.341 e. The van der Waals surface area contributed by atoms with Gasteiger partial charge in [-0.15, -0.1) is 0 Å². The number of amides is 2. The van der Waals surface area contributed by atoms with Crippen LogP contribution >= 0.6 is 15.9 Å². The van der Waals surface area contributed by atoms with Gasteiger partial charge in [0.25, 0.3) is 0 Å². The van der Waals surface area contributed by atoms with E-state index in [0.29, 0.717) is 37.2 Å². The van der Waals surface area contributed by atoms with Crippen LogP contribution in [-0.2, 0) is 9.59 Å². The predicted molar refractivity (Wildman–Crippen MR) is 109 cm³/mol. The summed E-state index contributed by atoms with van der Waals surface area (Å²) in [4.78, 5) is 41.3. The minimum atomic E-state index is -0.339. The van der Waals surface area contributed by atoms with Crippen molar-refractivity contribution in [3.63, 3.8) is 0 Å². The summed E-state index contributed by atoms with van der Waals surface area (Å²) in [6.45, 7) is 1.39. The molecule has 1 unspecified atom stereocenters. The van der Waals surface area contributed by atoms with Crippen molar-refractivity contribution < 1.29 is 14.1 Å². The average molecular weight is 469 g/mol.